The molecule has 5 nitrogen and oxygen atoms in total. The summed E-state index contributed by atoms with van der Waals surface area (Å²) in [5.41, 5.74) is 0. The van der Waals surface area contributed by atoms with E-state index in [1.54, 1.807) is 6.92 Å². The van der Waals surface area contributed by atoms with E-state index in [-0.39, 0.29) is 24.8 Å². The lowest BCUT2D eigenvalue weighted by Crippen LogP contribution is -2.40. The Bertz CT molecular complexity index is 461. The van der Waals surface area contributed by atoms with Crippen LogP contribution in [-0.2, 0) is 9.59 Å². The number of benzene rings is 1. The highest BCUT2D eigenvalue weighted by Gasteiger charge is 2.20. The van der Waals surface area contributed by atoms with Crippen LogP contribution in [0.5, 0.6) is 5.75 Å². The van der Waals surface area contributed by atoms with Gasteiger partial charge in [-0.3, -0.25) is 9.59 Å². The highest BCUT2D eigenvalue weighted by Crippen LogP contribution is 2.11. The normalized spacial score (nSPS) is 13.3. The Morgan fingerprint density at radius 2 is 1.90 bits per heavy atom. The minimum atomic E-state index is -0.958. The number of carboxylic acids is 1. The number of hydrogen-bond donors (Lipinski definition) is 2. The SMILES string of the molecule is CC(NC(=O)CCOc1ccc(F)cc1)C(C)C(=O)O. The second-order valence-electron chi connectivity index (χ2n) is 4.54. The highest BCUT2D eigenvalue weighted by atomic mass is 19.1. The maximum absolute atomic E-state index is 12.7. The van der Waals surface area contributed by atoms with Crippen LogP contribution in [0.4, 0.5) is 4.39 Å². The molecule has 0 saturated heterocycles. The van der Waals surface area contributed by atoms with Gasteiger partial charge in [0.15, 0.2) is 0 Å². The van der Waals surface area contributed by atoms with Crippen molar-refractivity contribution in [3.05, 3.63) is 30.1 Å². The van der Waals surface area contributed by atoms with Gasteiger partial charge in [0.25, 0.3) is 0 Å². The molecule has 0 aliphatic rings. The van der Waals surface area contributed by atoms with Crippen molar-refractivity contribution in [2.75, 3.05) is 6.61 Å². The molecule has 0 radical (unpaired) electrons. The molecule has 0 fully saturated rings. The van der Waals surface area contributed by atoms with Gasteiger partial charge in [0.05, 0.1) is 18.9 Å². The second-order valence-corrected chi connectivity index (χ2v) is 4.54. The molecular formula is C14H18FNO4. The predicted octanol–water partition coefficient (Wildman–Crippen LogP) is 1.82. The molecule has 110 valence electrons. The zero-order valence-corrected chi connectivity index (χ0v) is 11.4. The van der Waals surface area contributed by atoms with E-state index in [0.29, 0.717) is 5.75 Å². The van der Waals surface area contributed by atoms with Crippen molar-refractivity contribution in [3.8, 4) is 5.75 Å². The molecule has 0 bridgehead atoms. The topological polar surface area (TPSA) is 75.6 Å². The lowest BCUT2D eigenvalue weighted by atomic mass is 10.0. The highest BCUT2D eigenvalue weighted by molar-refractivity contribution is 5.78. The summed E-state index contributed by atoms with van der Waals surface area (Å²) in [5.74, 6) is -1.78. The summed E-state index contributed by atoms with van der Waals surface area (Å²) in [6.07, 6.45) is 0.105. The van der Waals surface area contributed by atoms with Crippen LogP contribution in [0.25, 0.3) is 0 Å². The third kappa shape index (κ3) is 5.26. The van der Waals surface area contributed by atoms with Crippen LogP contribution in [0.1, 0.15) is 20.3 Å². The minimum absolute atomic E-state index is 0.105. The van der Waals surface area contributed by atoms with E-state index < -0.39 is 17.9 Å². The number of carbonyl (C=O) groups excluding carboxylic acids is 1. The van der Waals surface area contributed by atoms with Crippen molar-refractivity contribution < 1.29 is 23.8 Å². The van der Waals surface area contributed by atoms with Crippen LogP contribution < -0.4 is 10.1 Å². The van der Waals surface area contributed by atoms with Crippen molar-refractivity contribution >= 4 is 11.9 Å². The summed E-state index contributed by atoms with van der Waals surface area (Å²) in [7, 11) is 0. The molecule has 2 unspecified atom stereocenters. The fraction of sp³-hybridized carbons (Fsp3) is 0.429. The van der Waals surface area contributed by atoms with E-state index in [1.165, 1.54) is 31.2 Å². The van der Waals surface area contributed by atoms with E-state index in [2.05, 4.69) is 5.32 Å². The van der Waals surface area contributed by atoms with Gasteiger partial charge >= 0.3 is 5.97 Å². The van der Waals surface area contributed by atoms with Crippen LogP contribution in [0.3, 0.4) is 0 Å². The monoisotopic (exact) mass is 283 g/mol. The Balaban J connectivity index is 2.29. The summed E-state index contributed by atoms with van der Waals surface area (Å²) >= 11 is 0. The molecule has 1 aromatic carbocycles. The molecule has 0 aliphatic carbocycles. The summed E-state index contributed by atoms with van der Waals surface area (Å²) in [6.45, 7) is 3.31. The van der Waals surface area contributed by atoms with E-state index in [1.807, 2.05) is 0 Å². The fourth-order valence-electron chi connectivity index (χ4n) is 1.46. The second kappa shape index (κ2) is 7.47. The van der Waals surface area contributed by atoms with Gasteiger partial charge in [-0.2, -0.15) is 0 Å². The van der Waals surface area contributed by atoms with Crippen LogP contribution in [0.15, 0.2) is 24.3 Å². The van der Waals surface area contributed by atoms with E-state index in [4.69, 9.17) is 9.84 Å². The van der Waals surface area contributed by atoms with E-state index in [0.717, 1.165) is 0 Å². The molecule has 2 atom stereocenters. The zero-order chi connectivity index (χ0) is 15.1. The summed E-state index contributed by atoms with van der Waals surface area (Å²) in [6, 6.07) is 5.04. The molecule has 6 heteroatoms. The maximum Gasteiger partial charge on any atom is 0.308 e. The first-order valence-electron chi connectivity index (χ1n) is 6.30. The first kappa shape index (κ1) is 15.9. The molecule has 0 aromatic heterocycles. The van der Waals surface area contributed by atoms with Crippen molar-refractivity contribution in [2.45, 2.75) is 26.3 Å². The van der Waals surface area contributed by atoms with Crippen LogP contribution in [0, 0.1) is 11.7 Å². The molecular weight excluding hydrogens is 265 g/mol. The van der Waals surface area contributed by atoms with Crippen molar-refractivity contribution in [2.24, 2.45) is 5.92 Å². The lowest BCUT2D eigenvalue weighted by Gasteiger charge is -2.17. The summed E-state index contributed by atoms with van der Waals surface area (Å²) in [4.78, 5) is 22.3. The summed E-state index contributed by atoms with van der Waals surface area (Å²) in [5, 5.41) is 11.4. The Kier molecular flexibility index (Phi) is 5.96. The first-order chi connectivity index (χ1) is 9.40. The quantitative estimate of drug-likeness (QED) is 0.800. The number of nitrogens with one attached hydrogen (secondary N) is 1. The number of carboxylic acid groups (broad SMARTS) is 1. The minimum Gasteiger partial charge on any atom is -0.493 e. The van der Waals surface area contributed by atoms with Crippen molar-refractivity contribution in [1.82, 2.24) is 5.32 Å². The molecule has 1 rings (SSSR count). The summed E-state index contributed by atoms with van der Waals surface area (Å²) < 4.78 is 17.9. The predicted molar refractivity (Wildman–Crippen MR) is 70.9 cm³/mol. The Morgan fingerprint density at radius 1 is 1.30 bits per heavy atom. The molecule has 20 heavy (non-hydrogen) atoms. The van der Waals surface area contributed by atoms with E-state index in [9.17, 15) is 14.0 Å². The van der Waals surface area contributed by atoms with Gasteiger partial charge in [0, 0.05) is 6.04 Å². The number of aliphatic carboxylic acids is 1. The Labute approximate surface area is 116 Å². The number of amides is 1. The number of halogens is 1. The molecule has 0 aliphatic heterocycles. The number of hydrogen-bond acceptors (Lipinski definition) is 3. The van der Waals surface area contributed by atoms with Crippen LogP contribution >= 0.6 is 0 Å². The molecule has 1 amide bonds. The number of carbonyl (C=O) groups is 2. The van der Waals surface area contributed by atoms with Gasteiger partial charge in [-0.25, -0.2) is 4.39 Å². The zero-order valence-electron chi connectivity index (χ0n) is 11.4. The fourth-order valence-corrected chi connectivity index (χ4v) is 1.46. The standard InChI is InChI=1S/C14H18FNO4/c1-9(14(18)19)10(2)16-13(17)7-8-20-12-5-3-11(15)4-6-12/h3-6,9-10H,7-8H2,1-2H3,(H,16,17)(H,18,19). The average molecular weight is 283 g/mol. The van der Waals surface area contributed by atoms with Gasteiger partial charge in [-0.1, -0.05) is 0 Å². The largest absolute Gasteiger partial charge is 0.493 e. The van der Waals surface area contributed by atoms with Crippen LogP contribution in [-0.4, -0.2) is 29.6 Å². The number of rotatable bonds is 7. The lowest BCUT2D eigenvalue weighted by molar-refractivity contribution is -0.142. The molecule has 0 saturated carbocycles. The first-order valence-corrected chi connectivity index (χ1v) is 6.30. The van der Waals surface area contributed by atoms with E-state index >= 15 is 0 Å². The van der Waals surface area contributed by atoms with Gasteiger partial charge in [0.1, 0.15) is 11.6 Å². The smallest absolute Gasteiger partial charge is 0.308 e. The molecule has 1 aromatic rings. The molecule has 0 heterocycles. The van der Waals surface area contributed by atoms with Crippen LogP contribution in [0.2, 0.25) is 0 Å². The third-order valence-electron chi connectivity index (χ3n) is 2.94. The Hall–Kier alpha value is -2.11. The van der Waals surface area contributed by atoms with Gasteiger partial charge in [-0.05, 0) is 38.1 Å². The van der Waals surface area contributed by atoms with Crippen molar-refractivity contribution in [3.63, 3.8) is 0 Å². The average Bonchev–Trinajstić information content (AvgIpc) is 2.39. The molecule has 0 spiro atoms. The van der Waals surface area contributed by atoms with Gasteiger partial charge < -0.3 is 15.2 Å². The van der Waals surface area contributed by atoms with Crippen molar-refractivity contribution in [1.29, 1.82) is 0 Å². The third-order valence-corrected chi connectivity index (χ3v) is 2.94. The molecule has 2 N–H and O–H groups in total. The number of ether oxygens (including phenoxy) is 1. The van der Waals surface area contributed by atoms with Gasteiger partial charge in [0.2, 0.25) is 5.91 Å². The Morgan fingerprint density at radius 3 is 2.45 bits per heavy atom. The maximum atomic E-state index is 12.7. The van der Waals surface area contributed by atoms with Gasteiger partial charge in [-0.15, -0.1) is 0 Å².